The number of carbonyl (C=O) groups is 1. The molecule has 0 atom stereocenters. The van der Waals surface area contributed by atoms with Crippen molar-refractivity contribution in [1.82, 2.24) is 20.1 Å². The van der Waals surface area contributed by atoms with Gasteiger partial charge in [-0.2, -0.15) is 0 Å². The predicted molar refractivity (Wildman–Crippen MR) is 141 cm³/mol. The van der Waals surface area contributed by atoms with E-state index in [4.69, 9.17) is 11.6 Å². The highest BCUT2D eigenvalue weighted by atomic mass is 127. The molecule has 1 aliphatic heterocycles. The smallest absolute Gasteiger partial charge is 0.227 e. The summed E-state index contributed by atoms with van der Waals surface area (Å²) in [5.41, 5.74) is 1.94. The number of nitrogens with one attached hydrogen (secondary N) is 1. The highest BCUT2D eigenvalue weighted by Crippen LogP contribution is 2.16. The topological polar surface area (TPSA) is 60.8 Å². The van der Waals surface area contributed by atoms with E-state index in [2.05, 4.69) is 32.3 Å². The van der Waals surface area contributed by atoms with Gasteiger partial charge in [0, 0.05) is 49.8 Å². The average molecular weight is 564 g/mol. The van der Waals surface area contributed by atoms with E-state index in [0.29, 0.717) is 31.1 Å². The van der Waals surface area contributed by atoms with E-state index < -0.39 is 0 Å². The number of pyridine rings is 1. The zero-order valence-electron chi connectivity index (χ0n) is 18.0. The predicted octanol–water partition coefficient (Wildman–Crippen LogP) is 3.97. The number of aromatic nitrogens is 1. The van der Waals surface area contributed by atoms with Crippen molar-refractivity contribution in [3.8, 4) is 0 Å². The van der Waals surface area contributed by atoms with E-state index in [0.717, 1.165) is 35.7 Å². The van der Waals surface area contributed by atoms with Gasteiger partial charge < -0.3 is 15.1 Å². The van der Waals surface area contributed by atoms with Crippen molar-refractivity contribution in [2.75, 3.05) is 33.2 Å². The lowest BCUT2D eigenvalue weighted by Crippen LogP contribution is -2.53. The van der Waals surface area contributed by atoms with Gasteiger partial charge in [0.1, 0.15) is 0 Å². The van der Waals surface area contributed by atoms with Crippen molar-refractivity contribution < 1.29 is 4.79 Å². The highest BCUT2D eigenvalue weighted by molar-refractivity contribution is 14.0. The number of carbonyl (C=O) groups excluding carboxylic acids is 1. The Morgan fingerprint density at radius 3 is 2.56 bits per heavy atom. The van der Waals surface area contributed by atoms with Gasteiger partial charge in [-0.05, 0) is 29.1 Å². The Kier molecular flexibility index (Phi) is 8.69. The van der Waals surface area contributed by atoms with Crippen LogP contribution in [0.4, 0.5) is 0 Å². The standard InChI is InChI=1S/C24H26ClN5O.HI/c1-26-24(28-17-22-21-8-3-2-6-19(21)9-10-27-22)30-13-11-29(12-14-30)23(31)16-18-5-4-7-20(25)15-18;/h2-10,15H,11-14,16-17H2,1H3,(H,26,28);1H. The number of halogens is 2. The quantitative estimate of drug-likeness (QED) is 0.297. The van der Waals surface area contributed by atoms with Crippen molar-refractivity contribution in [1.29, 1.82) is 0 Å². The lowest BCUT2D eigenvalue weighted by Gasteiger charge is -2.36. The van der Waals surface area contributed by atoms with Gasteiger partial charge >= 0.3 is 0 Å². The first-order valence-corrected chi connectivity index (χ1v) is 10.8. The Labute approximate surface area is 210 Å². The maximum Gasteiger partial charge on any atom is 0.227 e. The molecule has 0 spiro atoms. The van der Waals surface area contributed by atoms with E-state index in [1.54, 1.807) is 7.05 Å². The van der Waals surface area contributed by atoms with Crippen LogP contribution in [0.25, 0.3) is 10.8 Å². The molecule has 0 bridgehead atoms. The second-order valence-electron chi connectivity index (χ2n) is 7.55. The van der Waals surface area contributed by atoms with Crippen LogP contribution < -0.4 is 5.32 Å². The van der Waals surface area contributed by atoms with E-state index in [-0.39, 0.29) is 29.9 Å². The molecule has 1 fully saturated rings. The van der Waals surface area contributed by atoms with E-state index >= 15 is 0 Å². The number of nitrogens with zero attached hydrogens (tertiary/aromatic N) is 4. The van der Waals surface area contributed by atoms with Gasteiger partial charge in [-0.25, -0.2) is 0 Å². The molecular formula is C24H27ClIN5O. The molecule has 1 aromatic heterocycles. The van der Waals surface area contributed by atoms with Crippen molar-refractivity contribution in [3.63, 3.8) is 0 Å². The second kappa shape index (κ2) is 11.5. The number of amides is 1. The molecule has 3 aromatic rings. The van der Waals surface area contributed by atoms with Crippen molar-refractivity contribution in [3.05, 3.63) is 77.1 Å². The average Bonchev–Trinajstić information content (AvgIpc) is 2.80. The summed E-state index contributed by atoms with van der Waals surface area (Å²) in [6.45, 7) is 3.43. The molecule has 0 saturated carbocycles. The van der Waals surface area contributed by atoms with Gasteiger partial charge in [-0.3, -0.25) is 14.8 Å². The minimum Gasteiger partial charge on any atom is -0.351 e. The number of piperazine rings is 1. The van der Waals surface area contributed by atoms with Crippen LogP contribution in [-0.2, 0) is 17.8 Å². The third kappa shape index (κ3) is 5.89. The third-order valence-electron chi connectivity index (χ3n) is 5.56. The number of aliphatic imine (C=N–C) groups is 1. The van der Waals surface area contributed by atoms with Crippen LogP contribution in [0.5, 0.6) is 0 Å². The lowest BCUT2D eigenvalue weighted by atomic mass is 10.1. The molecule has 2 aromatic carbocycles. The van der Waals surface area contributed by atoms with E-state index in [9.17, 15) is 4.79 Å². The first kappa shape index (κ1) is 24.3. The van der Waals surface area contributed by atoms with Crippen molar-refractivity contribution in [2.24, 2.45) is 4.99 Å². The molecule has 4 rings (SSSR count). The maximum absolute atomic E-state index is 12.7. The van der Waals surface area contributed by atoms with Gasteiger partial charge in [-0.1, -0.05) is 48.0 Å². The molecule has 1 amide bonds. The number of fused-ring (bicyclic) bond motifs is 1. The summed E-state index contributed by atoms with van der Waals surface area (Å²) in [6, 6.07) is 17.8. The molecule has 1 saturated heterocycles. The Morgan fingerprint density at radius 1 is 1.06 bits per heavy atom. The van der Waals surface area contributed by atoms with Crippen LogP contribution in [0.3, 0.4) is 0 Å². The summed E-state index contributed by atoms with van der Waals surface area (Å²) in [5, 5.41) is 6.41. The van der Waals surface area contributed by atoms with Gasteiger partial charge in [-0.15, -0.1) is 24.0 Å². The Hall–Kier alpha value is -2.39. The summed E-state index contributed by atoms with van der Waals surface area (Å²) < 4.78 is 0. The number of benzene rings is 2. The van der Waals surface area contributed by atoms with Gasteiger partial charge in [0.25, 0.3) is 0 Å². The van der Waals surface area contributed by atoms with Crippen LogP contribution in [0.2, 0.25) is 5.02 Å². The lowest BCUT2D eigenvalue weighted by molar-refractivity contribution is -0.131. The maximum atomic E-state index is 12.7. The SMILES string of the molecule is CN=C(NCc1nccc2ccccc12)N1CCN(C(=O)Cc2cccc(Cl)c2)CC1.I. The summed E-state index contributed by atoms with van der Waals surface area (Å²) >= 11 is 6.03. The summed E-state index contributed by atoms with van der Waals surface area (Å²) in [7, 11) is 1.79. The van der Waals surface area contributed by atoms with Crippen LogP contribution in [-0.4, -0.2) is 59.9 Å². The first-order chi connectivity index (χ1) is 15.1. The Balaban J connectivity index is 0.00000289. The molecule has 6 nitrogen and oxygen atoms in total. The monoisotopic (exact) mass is 563 g/mol. The largest absolute Gasteiger partial charge is 0.351 e. The summed E-state index contributed by atoms with van der Waals surface area (Å²) in [4.78, 5) is 25.8. The Bertz CT molecular complexity index is 1090. The van der Waals surface area contributed by atoms with Crippen LogP contribution >= 0.6 is 35.6 Å². The summed E-state index contributed by atoms with van der Waals surface area (Å²) in [6.07, 6.45) is 2.21. The molecule has 1 N–H and O–H groups in total. The molecule has 168 valence electrons. The first-order valence-electron chi connectivity index (χ1n) is 10.4. The van der Waals surface area contributed by atoms with Crippen LogP contribution in [0, 0.1) is 0 Å². The van der Waals surface area contributed by atoms with Crippen LogP contribution in [0.15, 0.2) is 65.8 Å². The fourth-order valence-corrected chi connectivity index (χ4v) is 4.13. The molecule has 0 aliphatic carbocycles. The minimum absolute atomic E-state index is 0. The van der Waals surface area contributed by atoms with Crippen LogP contribution in [0.1, 0.15) is 11.3 Å². The third-order valence-corrected chi connectivity index (χ3v) is 5.79. The fourth-order valence-electron chi connectivity index (χ4n) is 3.92. The number of guanidine groups is 1. The molecule has 1 aliphatic rings. The van der Waals surface area contributed by atoms with Gasteiger partial charge in [0.2, 0.25) is 5.91 Å². The molecule has 8 heteroatoms. The van der Waals surface area contributed by atoms with Crippen molar-refractivity contribution in [2.45, 2.75) is 13.0 Å². The zero-order chi connectivity index (χ0) is 21.6. The second-order valence-corrected chi connectivity index (χ2v) is 7.99. The van der Waals surface area contributed by atoms with Gasteiger partial charge in [0.05, 0.1) is 18.7 Å². The number of hydrogen-bond donors (Lipinski definition) is 1. The highest BCUT2D eigenvalue weighted by Gasteiger charge is 2.23. The molecule has 0 radical (unpaired) electrons. The minimum atomic E-state index is 0. The van der Waals surface area contributed by atoms with Gasteiger partial charge in [0.15, 0.2) is 5.96 Å². The molecule has 0 unspecified atom stereocenters. The van der Waals surface area contributed by atoms with E-state index in [1.165, 1.54) is 5.39 Å². The van der Waals surface area contributed by atoms with E-state index in [1.807, 2.05) is 53.6 Å². The number of rotatable bonds is 4. The Morgan fingerprint density at radius 2 is 1.81 bits per heavy atom. The normalized spacial score (nSPS) is 14.2. The molecule has 2 heterocycles. The fraction of sp³-hybridized carbons (Fsp3) is 0.292. The van der Waals surface area contributed by atoms with Crippen molar-refractivity contribution >= 4 is 58.2 Å². The molecular weight excluding hydrogens is 537 g/mol. The summed E-state index contributed by atoms with van der Waals surface area (Å²) in [5.74, 6) is 0.960. The zero-order valence-corrected chi connectivity index (χ0v) is 21.1. The number of hydrogen-bond acceptors (Lipinski definition) is 3. The molecule has 32 heavy (non-hydrogen) atoms.